The maximum absolute atomic E-state index is 11.6. The minimum absolute atomic E-state index is 0.113. The lowest BCUT2D eigenvalue weighted by atomic mass is 10.1. The van der Waals surface area contributed by atoms with E-state index >= 15 is 0 Å². The van der Waals surface area contributed by atoms with E-state index < -0.39 is 0 Å². The molecule has 2 heteroatoms. The first-order chi connectivity index (χ1) is 6.65. The second kappa shape index (κ2) is 4.66. The molecule has 0 aliphatic carbocycles. The highest BCUT2D eigenvalue weighted by molar-refractivity contribution is 5.97. The van der Waals surface area contributed by atoms with Gasteiger partial charge < -0.3 is 4.42 Å². The Balaban J connectivity index is 2.68. The van der Waals surface area contributed by atoms with Crippen molar-refractivity contribution in [2.45, 2.75) is 33.6 Å². The van der Waals surface area contributed by atoms with Gasteiger partial charge in [0.2, 0.25) is 0 Å². The number of ketones is 1. The molecule has 0 spiro atoms. The molecule has 1 aromatic rings. The van der Waals surface area contributed by atoms with E-state index in [4.69, 9.17) is 4.42 Å². The lowest BCUT2D eigenvalue weighted by Crippen LogP contribution is -1.98. The molecule has 2 nitrogen and oxygen atoms in total. The van der Waals surface area contributed by atoms with Gasteiger partial charge in [0.1, 0.15) is 11.5 Å². The third-order valence-electron chi connectivity index (χ3n) is 2.00. The number of furan rings is 1. The Labute approximate surface area is 84.3 Å². The predicted octanol–water partition coefficient (Wildman–Crippen LogP) is 2.88. The monoisotopic (exact) mass is 190 g/mol. The Kier molecular flexibility index (Phi) is 3.53. The van der Waals surface area contributed by atoms with E-state index in [0.717, 1.165) is 5.76 Å². The molecule has 0 saturated carbocycles. The fraction of sp³-hybridized carbons (Fsp3) is 0.417. The highest BCUT2D eigenvalue weighted by atomic mass is 16.3. The van der Waals surface area contributed by atoms with Gasteiger partial charge in [-0.2, -0.15) is 0 Å². The molecule has 0 fully saturated rings. The molecule has 0 N–H and O–H groups in total. The summed E-state index contributed by atoms with van der Waals surface area (Å²) in [6.45, 7) is 5.43. The lowest BCUT2D eigenvalue weighted by molar-refractivity contribution is 0.0983. The van der Waals surface area contributed by atoms with Gasteiger partial charge in [-0.25, -0.2) is 0 Å². The van der Waals surface area contributed by atoms with Crippen molar-refractivity contribution in [1.82, 2.24) is 0 Å². The van der Waals surface area contributed by atoms with Crippen LogP contribution in [0.15, 0.2) is 10.5 Å². The van der Waals surface area contributed by atoms with Crippen LogP contribution in [0.25, 0.3) is 0 Å². The van der Waals surface area contributed by atoms with Gasteiger partial charge in [-0.05, 0) is 26.8 Å². The first-order valence-electron chi connectivity index (χ1n) is 4.65. The van der Waals surface area contributed by atoms with Crippen molar-refractivity contribution >= 4 is 5.78 Å². The average Bonchev–Trinajstić information content (AvgIpc) is 2.45. The van der Waals surface area contributed by atoms with Crippen molar-refractivity contribution < 1.29 is 9.21 Å². The number of aryl methyl sites for hydroxylation is 2. The molecule has 0 radical (unpaired) electrons. The van der Waals surface area contributed by atoms with Crippen LogP contribution < -0.4 is 0 Å². The zero-order chi connectivity index (χ0) is 10.6. The largest absolute Gasteiger partial charge is 0.466 e. The number of hydrogen-bond acceptors (Lipinski definition) is 2. The molecular formula is C12H14O2. The van der Waals surface area contributed by atoms with Crippen molar-refractivity contribution in [3.05, 3.63) is 23.2 Å². The fourth-order valence-electron chi connectivity index (χ4n) is 1.34. The van der Waals surface area contributed by atoms with Crippen molar-refractivity contribution in [2.75, 3.05) is 0 Å². The molecule has 0 amide bonds. The normalized spacial score (nSPS) is 9.36. The van der Waals surface area contributed by atoms with Crippen LogP contribution in [0, 0.1) is 25.7 Å². The maximum Gasteiger partial charge on any atom is 0.167 e. The lowest BCUT2D eigenvalue weighted by Gasteiger charge is -1.94. The highest BCUT2D eigenvalue weighted by Gasteiger charge is 2.12. The summed E-state index contributed by atoms with van der Waals surface area (Å²) in [7, 11) is 0. The number of carbonyl (C=O) groups excluding carboxylic acids is 1. The molecule has 0 atom stereocenters. The molecule has 14 heavy (non-hydrogen) atoms. The van der Waals surface area contributed by atoms with Gasteiger partial charge in [-0.15, -0.1) is 11.8 Å². The summed E-state index contributed by atoms with van der Waals surface area (Å²) >= 11 is 0. The molecule has 0 aliphatic rings. The standard InChI is InChI=1S/C12H14O2/c1-4-5-6-7-12(13)11-8-9(2)14-10(11)3/h8H,6-7H2,1-3H3. The molecule has 0 saturated heterocycles. The fourth-order valence-corrected chi connectivity index (χ4v) is 1.34. The van der Waals surface area contributed by atoms with Crippen LogP contribution in [0.5, 0.6) is 0 Å². The highest BCUT2D eigenvalue weighted by Crippen LogP contribution is 2.15. The molecule has 0 aliphatic heterocycles. The first kappa shape index (κ1) is 10.6. The van der Waals surface area contributed by atoms with E-state index in [1.165, 1.54) is 0 Å². The van der Waals surface area contributed by atoms with Gasteiger partial charge in [0, 0.05) is 12.8 Å². The van der Waals surface area contributed by atoms with Crippen LogP contribution >= 0.6 is 0 Å². The Hall–Kier alpha value is -1.49. The van der Waals surface area contributed by atoms with Gasteiger partial charge in [0.15, 0.2) is 5.78 Å². The molecule has 74 valence electrons. The summed E-state index contributed by atoms with van der Waals surface area (Å²) in [4.78, 5) is 11.6. The van der Waals surface area contributed by atoms with Gasteiger partial charge in [-0.1, -0.05) is 0 Å². The minimum atomic E-state index is 0.113. The minimum Gasteiger partial charge on any atom is -0.466 e. The van der Waals surface area contributed by atoms with Gasteiger partial charge in [-0.3, -0.25) is 4.79 Å². The van der Waals surface area contributed by atoms with Gasteiger partial charge in [0.05, 0.1) is 5.56 Å². The molecule has 1 rings (SSSR count). The quantitative estimate of drug-likeness (QED) is 0.542. The predicted molar refractivity (Wildman–Crippen MR) is 55.2 cm³/mol. The third-order valence-corrected chi connectivity index (χ3v) is 2.00. The van der Waals surface area contributed by atoms with Crippen LogP contribution in [-0.4, -0.2) is 5.78 Å². The summed E-state index contributed by atoms with van der Waals surface area (Å²) in [5, 5.41) is 0. The van der Waals surface area contributed by atoms with Gasteiger partial charge >= 0.3 is 0 Å². The molecular weight excluding hydrogens is 176 g/mol. The van der Waals surface area contributed by atoms with E-state index in [1.54, 1.807) is 13.0 Å². The molecule has 1 heterocycles. The van der Waals surface area contributed by atoms with Crippen LogP contribution in [-0.2, 0) is 0 Å². The van der Waals surface area contributed by atoms with E-state index in [9.17, 15) is 4.79 Å². The summed E-state index contributed by atoms with van der Waals surface area (Å²) < 4.78 is 5.29. The molecule has 0 unspecified atom stereocenters. The molecule has 0 bridgehead atoms. The van der Waals surface area contributed by atoms with E-state index in [1.807, 2.05) is 13.8 Å². The Bertz CT molecular complexity index is 388. The van der Waals surface area contributed by atoms with E-state index in [0.29, 0.717) is 24.2 Å². The van der Waals surface area contributed by atoms with Crippen LogP contribution in [0.3, 0.4) is 0 Å². The van der Waals surface area contributed by atoms with E-state index in [2.05, 4.69) is 11.8 Å². The van der Waals surface area contributed by atoms with Crippen molar-refractivity contribution in [2.24, 2.45) is 0 Å². The van der Waals surface area contributed by atoms with Crippen molar-refractivity contribution in [1.29, 1.82) is 0 Å². The topological polar surface area (TPSA) is 30.2 Å². The SMILES string of the molecule is CC#CCCC(=O)c1cc(C)oc1C. The van der Waals surface area contributed by atoms with E-state index in [-0.39, 0.29) is 5.78 Å². The second-order valence-corrected chi connectivity index (χ2v) is 3.18. The zero-order valence-corrected chi connectivity index (χ0v) is 8.81. The molecule has 0 aromatic carbocycles. The summed E-state index contributed by atoms with van der Waals surface area (Å²) in [5.41, 5.74) is 0.695. The summed E-state index contributed by atoms with van der Waals surface area (Å²) in [5.74, 6) is 7.25. The Morgan fingerprint density at radius 3 is 2.71 bits per heavy atom. The maximum atomic E-state index is 11.6. The number of Topliss-reactive ketones (excluding diaryl/α,β-unsaturated/α-hetero) is 1. The number of rotatable bonds is 3. The Morgan fingerprint density at radius 1 is 1.50 bits per heavy atom. The van der Waals surface area contributed by atoms with Crippen LogP contribution in [0.1, 0.15) is 41.6 Å². The summed E-state index contributed by atoms with van der Waals surface area (Å²) in [6.07, 6.45) is 1.10. The van der Waals surface area contributed by atoms with Crippen molar-refractivity contribution in [3.63, 3.8) is 0 Å². The van der Waals surface area contributed by atoms with Gasteiger partial charge in [0.25, 0.3) is 0 Å². The van der Waals surface area contributed by atoms with Crippen LogP contribution in [0.2, 0.25) is 0 Å². The average molecular weight is 190 g/mol. The number of hydrogen-bond donors (Lipinski definition) is 0. The third kappa shape index (κ3) is 2.50. The van der Waals surface area contributed by atoms with Crippen LogP contribution in [0.4, 0.5) is 0 Å². The van der Waals surface area contributed by atoms with Crippen molar-refractivity contribution in [3.8, 4) is 11.8 Å². The first-order valence-corrected chi connectivity index (χ1v) is 4.65. The number of carbonyl (C=O) groups is 1. The smallest absolute Gasteiger partial charge is 0.167 e. The zero-order valence-electron chi connectivity index (χ0n) is 8.81. The molecule has 1 aromatic heterocycles. The second-order valence-electron chi connectivity index (χ2n) is 3.18. The Morgan fingerprint density at radius 2 is 2.21 bits per heavy atom. The summed E-state index contributed by atoms with van der Waals surface area (Å²) in [6, 6.07) is 1.79.